The summed E-state index contributed by atoms with van der Waals surface area (Å²) in [7, 11) is 0. The first-order chi connectivity index (χ1) is 9.05. The number of aliphatic carboxylic acids is 1. The average molecular weight is 283 g/mol. The van der Waals surface area contributed by atoms with Gasteiger partial charge in [0.25, 0.3) is 0 Å². The average Bonchev–Trinajstić information content (AvgIpc) is 2.78. The first-order valence-electron chi connectivity index (χ1n) is 6.29. The third-order valence-corrected chi connectivity index (χ3v) is 4.46. The van der Waals surface area contributed by atoms with Crippen LogP contribution in [0.3, 0.4) is 0 Å². The molecule has 0 radical (unpaired) electrons. The molecule has 1 fully saturated rings. The Morgan fingerprint density at radius 1 is 1.53 bits per heavy atom. The van der Waals surface area contributed by atoms with Crippen molar-refractivity contribution in [1.29, 1.82) is 0 Å². The van der Waals surface area contributed by atoms with Gasteiger partial charge in [-0.15, -0.1) is 11.3 Å². The zero-order chi connectivity index (χ0) is 13.9. The lowest BCUT2D eigenvalue weighted by Gasteiger charge is -2.38. The Bertz CT molecular complexity index is 482. The van der Waals surface area contributed by atoms with Gasteiger partial charge in [0.05, 0.1) is 6.54 Å². The van der Waals surface area contributed by atoms with E-state index in [4.69, 9.17) is 5.11 Å². The van der Waals surface area contributed by atoms with Crippen molar-refractivity contribution in [3.63, 3.8) is 0 Å². The number of nitrogens with one attached hydrogen (secondary N) is 2. The molecule has 1 heterocycles. The number of hydrogen-bond acceptors (Lipinski definition) is 4. The first-order valence-corrected chi connectivity index (χ1v) is 7.10. The van der Waals surface area contributed by atoms with Crippen LogP contribution in [0.25, 0.3) is 0 Å². The van der Waals surface area contributed by atoms with Crippen LogP contribution in [0.4, 0.5) is 4.79 Å². The van der Waals surface area contributed by atoms with Crippen molar-refractivity contribution in [3.05, 3.63) is 16.1 Å². The molecule has 7 heteroatoms. The number of carboxylic acids is 1. The highest BCUT2D eigenvalue weighted by atomic mass is 32.1. The standard InChI is InChI=1S/C12H17N3O3S/c1-2-8-6-13-9(19-8)7-14-11(18)15-12(10(16)17)4-3-5-12/h6H,2-5,7H2,1H3,(H,16,17)(H2,14,15,18). The van der Waals surface area contributed by atoms with Crippen LogP contribution in [0.1, 0.15) is 36.1 Å². The number of thiazole rings is 1. The van der Waals surface area contributed by atoms with Gasteiger partial charge in [0.1, 0.15) is 10.5 Å². The van der Waals surface area contributed by atoms with Gasteiger partial charge in [0, 0.05) is 11.1 Å². The van der Waals surface area contributed by atoms with E-state index < -0.39 is 17.5 Å². The Morgan fingerprint density at radius 2 is 2.26 bits per heavy atom. The van der Waals surface area contributed by atoms with E-state index in [1.54, 1.807) is 17.5 Å². The molecule has 1 aliphatic carbocycles. The number of rotatable bonds is 5. The highest BCUT2D eigenvalue weighted by Crippen LogP contribution is 2.31. The molecule has 19 heavy (non-hydrogen) atoms. The van der Waals surface area contributed by atoms with Gasteiger partial charge in [-0.25, -0.2) is 14.6 Å². The molecular formula is C12H17N3O3S. The predicted molar refractivity (Wildman–Crippen MR) is 71.1 cm³/mol. The molecule has 0 aliphatic heterocycles. The summed E-state index contributed by atoms with van der Waals surface area (Å²) in [5.41, 5.74) is -1.07. The van der Waals surface area contributed by atoms with E-state index in [0.29, 0.717) is 19.4 Å². The second-order valence-corrected chi connectivity index (χ2v) is 5.82. The topological polar surface area (TPSA) is 91.3 Å². The SMILES string of the molecule is CCc1cnc(CNC(=O)NC2(C(=O)O)CCC2)s1. The minimum Gasteiger partial charge on any atom is -0.480 e. The van der Waals surface area contributed by atoms with Crippen LogP contribution in [0.5, 0.6) is 0 Å². The van der Waals surface area contributed by atoms with Crippen molar-refractivity contribution >= 4 is 23.3 Å². The monoisotopic (exact) mass is 283 g/mol. The van der Waals surface area contributed by atoms with E-state index in [9.17, 15) is 9.59 Å². The molecule has 2 rings (SSSR count). The minimum absolute atomic E-state index is 0.326. The molecule has 0 atom stereocenters. The Hall–Kier alpha value is -1.63. The zero-order valence-corrected chi connectivity index (χ0v) is 11.5. The Labute approximate surface area is 115 Å². The predicted octanol–water partition coefficient (Wildman–Crippen LogP) is 1.51. The number of aryl methyl sites for hydroxylation is 1. The molecule has 1 aromatic heterocycles. The van der Waals surface area contributed by atoms with E-state index in [2.05, 4.69) is 15.6 Å². The van der Waals surface area contributed by atoms with Crippen molar-refractivity contribution in [2.24, 2.45) is 0 Å². The van der Waals surface area contributed by atoms with Gasteiger partial charge in [-0.2, -0.15) is 0 Å². The molecule has 1 aromatic rings. The fourth-order valence-electron chi connectivity index (χ4n) is 1.93. The second-order valence-electron chi connectivity index (χ2n) is 4.62. The van der Waals surface area contributed by atoms with Crippen LogP contribution >= 0.6 is 11.3 Å². The number of hydrogen-bond donors (Lipinski definition) is 3. The smallest absolute Gasteiger partial charge is 0.329 e. The van der Waals surface area contributed by atoms with Gasteiger partial charge in [-0.3, -0.25) is 0 Å². The van der Waals surface area contributed by atoms with Crippen molar-refractivity contribution in [2.45, 2.75) is 44.7 Å². The summed E-state index contributed by atoms with van der Waals surface area (Å²) in [5.74, 6) is -0.962. The lowest BCUT2D eigenvalue weighted by molar-refractivity contribution is -0.148. The minimum atomic E-state index is -1.07. The number of carbonyl (C=O) groups excluding carboxylic acids is 1. The van der Waals surface area contributed by atoms with Gasteiger partial charge in [0.2, 0.25) is 0 Å². The summed E-state index contributed by atoms with van der Waals surface area (Å²) in [5, 5.41) is 15.1. The van der Waals surface area contributed by atoms with Crippen LogP contribution in [0, 0.1) is 0 Å². The van der Waals surface area contributed by atoms with Crippen LogP contribution < -0.4 is 10.6 Å². The molecule has 3 N–H and O–H groups in total. The maximum Gasteiger partial charge on any atom is 0.329 e. The van der Waals surface area contributed by atoms with Crippen molar-refractivity contribution in [3.8, 4) is 0 Å². The number of amides is 2. The molecule has 2 amide bonds. The normalized spacial score (nSPS) is 16.5. The van der Waals surface area contributed by atoms with Crippen LogP contribution in [-0.4, -0.2) is 27.6 Å². The highest BCUT2D eigenvalue weighted by molar-refractivity contribution is 7.11. The van der Waals surface area contributed by atoms with E-state index in [-0.39, 0.29) is 0 Å². The second kappa shape index (κ2) is 5.56. The molecule has 104 valence electrons. The van der Waals surface area contributed by atoms with Gasteiger partial charge >= 0.3 is 12.0 Å². The zero-order valence-electron chi connectivity index (χ0n) is 10.7. The summed E-state index contributed by atoms with van der Waals surface area (Å²) >= 11 is 1.55. The molecule has 1 aliphatic rings. The molecule has 0 aromatic carbocycles. The number of nitrogens with zero attached hydrogens (tertiary/aromatic N) is 1. The summed E-state index contributed by atoms with van der Waals surface area (Å²) in [6.45, 7) is 2.37. The molecule has 0 unspecified atom stereocenters. The van der Waals surface area contributed by atoms with Crippen LogP contribution in [0.15, 0.2) is 6.20 Å². The van der Waals surface area contributed by atoms with Gasteiger partial charge in [-0.05, 0) is 25.7 Å². The number of aromatic nitrogens is 1. The number of carboxylic acid groups (broad SMARTS) is 1. The molecule has 0 spiro atoms. The Morgan fingerprint density at radius 3 is 2.74 bits per heavy atom. The fourth-order valence-corrected chi connectivity index (χ4v) is 2.74. The Kier molecular flexibility index (Phi) is 4.04. The highest BCUT2D eigenvalue weighted by Gasteiger charge is 2.45. The number of urea groups is 1. The lowest BCUT2D eigenvalue weighted by Crippen LogP contribution is -2.61. The molecule has 6 nitrogen and oxygen atoms in total. The summed E-state index contributed by atoms with van der Waals surface area (Å²) in [6.07, 6.45) is 4.54. The third-order valence-electron chi connectivity index (χ3n) is 3.32. The van der Waals surface area contributed by atoms with Gasteiger partial charge < -0.3 is 15.7 Å². The third kappa shape index (κ3) is 3.04. The van der Waals surface area contributed by atoms with Gasteiger partial charge in [-0.1, -0.05) is 6.92 Å². The largest absolute Gasteiger partial charge is 0.480 e. The van der Waals surface area contributed by atoms with Crippen LogP contribution in [0.2, 0.25) is 0 Å². The molecule has 0 saturated heterocycles. The maximum atomic E-state index is 11.7. The summed E-state index contributed by atoms with van der Waals surface area (Å²) in [4.78, 5) is 28.1. The van der Waals surface area contributed by atoms with Crippen LogP contribution in [-0.2, 0) is 17.8 Å². The quantitative estimate of drug-likeness (QED) is 0.764. The maximum absolute atomic E-state index is 11.7. The van der Waals surface area contributed by atoms with E-state index in [1.165, 1.54) is 4.88 Å². The van der Waals surface area contributed by atoms with Crippen molar-refractivity contribution in [2.75, 3.05) is 0 Å². The molecule has 0 bridgehead atoms. The molecular weight excluding hydrogens is 266 g/mol. The fraction of sp³-hybridized carbons (Fsp3) is 0.583. The molecule has 1 saturated carbocycles. The van der Waals surface area contributed by atoms with E-state index in [0.717, 1.165) is 17.8 Å². The lowest BCUT2D eigenvalue weighted by atomic mass is 9.77. The van der Waals surface area contributed by atoms with Gasteiger partial charge in [0.15, 0.2) is 0 Å². The summed E-state index contributed by atoms with van der Waals surface area (Å²) < 4.78 is 0. The van der Waals surface area contributed by atoms with Crippen molar-refractivity contribution < 1.29 is 14.7 Å². The summed E-state index contributed by atoms with van der Waals surface area (Å²) in [6, 6.07) is -0.449. The van der Waals surface area contributed by atoms with E-state index >= 15 is 0 Å². The Balaban J connectivity index is 1.83. The van der Waals surface area contributed by atoms with E-state index in [1.807, 2.05) is 6.92 Å². The van der Waals surface area contributed by atoms with Crippen molar-refractivity contribution in [1.82, 2.24) is 15.6 Å². The first kappa shape index (κ1) is 13.8. The number of carbonyl (C=O) groups is 2.